The van der Waals surface area contributed by atoms with Crippen molar-refractivity contribution in [3.05, 3.63) is 46.2 Å². The van der Waals surface area contributed by atoms with Gasteiger partial charge in [-0.1, -0.05) is 12.1 Å². The van der Waals surface area contributed by atoms with Crippen LogP contribution in [0.5, 0.6) is 11.5 Å². The van der Waals surface area contributed by atoms with E-state index in [0.29, 0.717) is 4.88 Å². The monoisotopic (exact) mass is 307 g/mol. The van der Waals surface area contributed by atoms with Gasteiger partial charge in [-0.2, -0.15) is 0 Å². The number of hydrogen-bond donors (Lipinski definition) is 3. The molecule has 0 saturated heterocycles. The highest BCUT2D eigenvalue weighted by molar-refractivity contribution is 7.10. The number of methoxy groups -OCH3 is 1. The molecule has 1 aromatic heterocycles. The van der Waals surface area contributed by atoms with E-state index in [4.69, 9.17) is 4.74 Å². The summed E-state index contributed by atoms with van der Waals surface area (Å²) in [6.45, 7) is 0. The van der Waals surface area contributed by atoms with Gasteiger partial charge in [0.2, 0.25) is 0 Å². The molecule has 0 aliphatic rings. The van der Waals surface area contributed by atoms with Crippen LogP contribution in [0, 0.1) is 0 Å². The molecule has 0 spiro atoms. The quantitative estimate of drug-likeness (QED) is 0.785. The number of amides is 1. The standard InChI is InChI=1S/C14H13NO5S/c1-20-9-5-2-4-8(12(9)16)13(17)15-11(14(18)19)10-6-3-7-21-10/h2-7,11,16H,1H3,(H,15,17)(H,18,19). The van der Waals surface area contributed by atoms with Crippen molar-refractivity contribution in [2.75, 3.05) is 7.11 Å². The van der Waals surface area contributed by atoms with E-state index >= 15 is 0 Å². The molecular weight excluding hydrogens is 294 g/mol. The zero-order chi connectivity index (χ0) is 15.4. The molecule has 7 heteroatoms. The molecule has 1 unspecified atom stereocenters. The third kappa shape index (κ3) is 3.14. The third-order valence-corrected chi connectivity index (χ3v) is 3.75. The van der Waals surface area contributed by atoms with Crippen molar-refractivity contribution < 1.29 is 24.5 Å². The van der Waals surface area contributed by atoms with Crippen LogP contribution in [-0.2, 0) is 4.79 Å². The second kappa shape index (κ2) is 6.27. The number of thiophene rings is 1. The lowest BCUT2D eigenvalue weighted by molar-refractivity contribution is -0.139. The molecule has 0 bridgehead atoms. The lowest BCUT2D eigenvalue weighted by atomic mass is 10.1. The summed E-state index contributed by atoms with van der Waals surface area (Å²) in [5.74, 6) is -2.04. The Morgan fingerprint density at radius 3 is 2.62 bits per heavy atom. The van der Waals surface area contributed by atoms with Gasteiger partial charge in [-0.3, -0.25) is 4.79 Å². The molecule has 2 rings (SSSR count). The average Bonchev–Trinajstić information content (AvgIpc) is 2.98. The molecule has 0 fully saturated rings. The Kier molecular flexibility index (Phi) is 4.44. The van der Waals surface area contributed by atoms with Gasteiger partial charge >= 0.3 is 5.97 Å². The lowest BCUT2D eigenvalue weighted by Gasteiger charge is -2.14. The maximum absolute atomic E-state index is 12.2. The molecular formula is C14H13NO5S. The minimum Gasteiger partial charge on any atom is -0.504 e. The van der Waals surface area contributed by atoms with Crippen LogP contribution < -0.4 is 10.1 Å². The molecule has 3 N–H and O–H groups in total. The molecule has 1 aromatic carbocycles. The average molecular weight is 307 g/mol. The van der Waals surface area contributed by atoms with E-state index in [1.807, 2.05) is 0 Å². The normalized spacial score (nSPS) is 11.7. The smallest absolute Gasteiger partial charge is 0.331 e. The van der Waals surface area contributed by atoms with Gasteiger partial charge in [-0.25, -0.2) is 4.79 Å². The Labute approximate surface area is 124 Å². The second-order valence-corrected chi connectivity index (χ2v) is 5.10. The van der Waals surface area contributed by atoms with Crippen molar-refractivity contribution in [1.29, 1.82) is 0 Å². The maximum atomic E-state index is 12.2. The minimum atomic E-state index is -1.17. The summed E-state index contributed by atoms with van der Waals surface area (Å²) < 4.78 is 4.92. The molecule has 0 saturated carbocycles. The number of carbonyl (C=O) groups is 2. The van der Waals surface area contributed by atoms with E-state index in [1.54, 1.807) is 17.5 Å². The van der Waals surface area contributed by atoms with Crippen molar-refractivity contribution >= 4 is 23.2 Å². The van der Waals surface area contributed by atoms with E-state index in [9.17, 15) is 19.8 Å². The zero-order valence-electron chi connectivity index (χ0n) is 11.1. The highest BCUT2D eigenvalue weighted by atomic mass is 32.1. The van der Waals surface area contributed by atoms with Crippen LogP contribution in [-0.4, -0.2) is 29.2 Å². The Hall–Kier alpha value is -2.54. The molecule has 1 atom stereocenters. The summed E-state index contributed by atoms with van der Waals surface area (Å²) in [5, 5.41) is 23.2. The second-order valence-electron chi connectivity index (χ2n) is 4.12. The van der Waals surface area contributed by atoms with Gasteiger partial charge in [-0.05, 0) is 23.6 Å². The van der Waals surface area contributed by atoms with Crippen molar-refractivity contribution in [2.45, 2.75) is 6.04 Å². The predicted octanol–water partition coefficient (Wildman–Crippen LogP) is 2.02. The number of phenols is 1. The molecule has 0 aliphatic carbocycles. The van der Waals surface area contributed by atoms with Crippen LogP contribution in [0.1, 0.15) is 21.3 Å². The van der Waals surface area contributed by atoms with Crippen molar-refractivity contribution in [3.63, 3.8) is 0 Å². The molecule has 0 aliphatic heterocycles. The minimum absolute atomic E-state index is 0.0443. The Morgan fingerprint density at radius 1 is 1.29 bits per heavy atom. The van der Waals surface area contributed by atoms with Crippen LogP contribution in [0.2, 0.25) is 0 Å². The Morgan fingerprint density at radius 2 is 2.05 bits per heavy atom. The van der Waals surface area contributed by atoms with E-state index in [-0.39, 0.29) is 17.1 Å². The SMILES string of the molecule is COc1cccc(C(=O)NC(C(=O)O)c2cccs2)c1O. The van der Waals surface area contributed by atoms with Crippen molar-refractivity contribution in [3.8, 4) is 11.5 Å². The summed E-state index contributed by atoms with van der Waals surface area (Å²) in [6, 6.07) is 6.58. The summed E-state index contributed by atoms with van der Waals surface area (Å²) in [7, 11) is 1.36. The Bertz CT molecular complexity index is 653. The molecule has 6 nitrogen and oxygen atoms in total. The van der Waals surface area contributed by atoms with Gasteiger partial charge in [0.25, 0.3) is 5.91 Å². The number of benzene rings is 1. The van der Waals surface area contributed by atoms with Crippen LogP contribution in [0.4, 0.5) is 0 Å². The summed E-state index contributed by atoms with van der Waals surface area (Å²) in [4.78, 5) is 23.9. The summed E-state index contributed by atoms with van der Waals surface area (Å²) in [5.41, 5.74) is -0.0443. The van der Waals surface area contributed by atoms with Crippen LogP contribution >= 0.6 is 11.3 Å². The Balaban J connectivity index is 2.26. The highest BCUT2D eigenvalue weighted by Gasteiger charge is 2.25. The fraction of sp³-hybridized carbons (Fsp3) is 0.143. The van der Waals surface area contributed by atoms with Gasteiger partial charge in [-0.15, -0.1) is 11.3 Å². The zero-order valence-corrected chi connectivity index (χ0v) is 11.9. The number of carboxylic acids is 1. The molecule has 21 heavy (non-hydrogen) atoms. The number of carboxylic acid groups (broad SMARTS) is 1. The molecule has 0 radical (unpaired) electrons. The number of rotatable bonds is 5. The molecule has 1 heterocycles. The van der Waals surface area contributed by atoms with Gasteiger partial charge in [0, 0.05) is 4.88 Å². The highest BCUT2D eigenvalue weighted by Crippen LogP contribution is 2.30. The van der Waals surface area contributed by atoms with Gasteiger partial charge in [0.15, 0.2) is 17.5 Å². The lowest BCUT2D eigenvalue weighted by Crippen LogP contribution is -2.33. The number of hydrogen-bond acceptors (Lipinski definition) is 5. The molecule has 2 aromatic rings. The van der Waals surface area contributed by atoms with Crippen LogP contribution in [0.25, 0.3) is 0 Å². The maximum Gasteiger partial charge on any atom is 0.331 e. The number of aromatic hydroxyl groups is 1. The number of nitrogens with one attached hydrogen (secondary N) is 1. The topological polar surface area (TPSA) is 95.9 Å². The first-order valence-electron chi connectivity index (χ1n) is 5.97. The van der Waals surface area contributed by atoms with Crippen LogP contribution in [0.15, 0.2) is 35.7 Å². The van der Waals surface area contributed by atoms with Crippen molar-refractivity contribution in [1.82, 2.24) is 5.32 Å². The van der Waals surface area contributed by atoms with E-state index in [1.165, 1.54) is 36.6 Å². The van der Waals surface area contributed by atoms with E-state index in [0.717, 1.165) is 0 Å². The summed E-state index contributed by atoms with van der Waals surface area (Å²) >= 11 is 1.23. The first-order valence-corrected chi connectivity index (χ1v) is 6.85. The van der Waals surface area contributed by atoms with Crippen LogP contribution in [0.3, 0.4) is 0 Å². The van der Waals surface area contributed by atoms with Gasteiger partial charge in [0.05, 0.1) is 12.7 Å². The van der Waals surface area contributed by atoms with Gasteiger partial charge in [0.1, 0.15) is 0 Å². The largest absolute Gasteiger partial charge is 0.504 e. The first kappa shape index (κ1) is 14.9. The first-order chi connectivity index (χ1) is 10.0. The number of aliphatic carboxylic acids is 1. The number of para-hydroxylation sites is 1. The van der Waals surface area contributed by atoms with Crippen molar-refractivity contribution in [2.24, 2.45) is 0 Å². The third-order valence-electron chi connectivity index (χ3n) is 2.81. The fourth-order valence-electron chi connectivity index (χ4n) is 1.79. The number of ether oxygens (including phenoxy) is 1. The van der Waals surface area contributed by atoms with E-state index < -0.39 is 17.9 Å². The number of phenolic OH excluding ortho intramolecular Hbond substituents is 1. The molecule has 1 amide bonds. The predicted molar refractivity (Wildman–Crippen MR) is 76.8 cm³/mol. The molecule has 110 valence electrons. The fourth-order valence-corrected chi connectivity index (χ4v) is 2.56. The van der Waals surface area contributed by atoms with E-state index in [2.05, 4.69) is 5.32 Å². The number of carbonyl (C=O) groups excluding carboxylic acids is 1. The summed E-state index contributed by atoms with van der Waals surface area (Å²) in [6.07, 6.45) is 0. The van der Waals surface area contributed by atoms with Gasteiger partial charge < -0.3 is 20.3 Å².